The van der Waals surface area contributed by atoms with Crippen LogP contribution in [0.2, 0.25) is 0 Å². The normalized spacial score (nSPS) is 18.7. The fourth-order valence-electron chi connectivity index (χ4n) is 4.50. The molecule has 2 atom stereocenters. The zero-order valence-corrected chi connectivity index (χ0v) is 22.1. The summed E-state index contributed by atoms with van der Waals surface area (Å²) >= 11 is 0. The van der Waals surface area contributed by atoms with E-state index in [1.54, 1.807) is 26.0 Å². The van der Waals surface area contributed by atoms with E-state index in [1.807, 2.05) is 0 Å². The van der Waals surface area contributed by atoms with Crippen LogP contribution in [0.3, 0.4) is 0 Å². The second kappa shape index (κ2) is 10.3. The highest BCUT2D eigenvalue weighted by Crippen LogP contribution is 2.50. The SMILES string of the molecule is C=C(N=C(C#N)C1=C(C(C)CC)NC(=O)C1(C)C(F)(F)F)c1nn(Cc2ccccc2F)c2nc(C)c(F)cc12. The van der Waals surface area contributed by atoms with Gasteiger partial charge in [0, 0.05) is 16.8 Å². The lowest BCUT2D eigenvalue weighted by atomic mass is 9.78. The van der Waals surface area contributed by atoms with Gasteiger partial charge in [0.1, 0.15) is 29.1 Å². The molecule has 1 amide bonds. The molecular formula is C28H25F5N6O. The average Bonchev–Trinajstić information content (AvgIpc) is 3.38. The minimum Gasteiger partial charge on any atom is -0.328 e. The molecule has 2 aromatic heterocycles. The van der Waals surface area contributed by atoms with E-state index in [0.717, 1.165) is 6.07 Å². The maximum absolute atomic E-state index is 14.6. The third-order valence-corrected chi connectivity index (χ3v) is 7.14. The van der Waals surface area contributed by atoms with E-state index in [2.05, 4.69) is 27.0 Å². The van der Waals surface area contributed by atoms with Gasteiger partial charge in [0.25, 0.3) is 0 Å². The predicted octanol–water partition coefficient (Wildman–Crippen LogP) is 6.00. The number of benzene rings is 1. The number of aromatic nitrogens is 3. The predicted molar refractivity (Wildman–Crippen MR) is 139 cm³/mol. The molecule has 3 aromatic rings. The van der Waals surface area contributed by atoms with Gasteiger partial charge in [0.2, 0.25) is 5.91 Å². The molecule has 0 saturated heterocycles. The molecule has 0 saturated carbocycles. The number of fused-ring (bicyclic) bond motifs is 1. The number of hydrogen-bond acceptors (Lipinski definition) is 5. The van der Waals surface area contributed by atoms with Crippen LogP contribution in [0.5, 0.6) is 0 Å². The minimum atomic E-state index is -5.04. The number of rotatable bonds is 7. The van der Waals surface area contributed by atoms with Crippen molar-refractivity contribution in [2.24, 2.45) is 16.3 Å². The van der Waals surface area contributed by atoms with Crippen molar-refractivity contribution in [2.75, 3.05) is 0 Å². The van der Waals surface area contributed by atoms with Crippen molar-refractivity contribution in [3.8, 4) is 6.07 Å². The van der Waals surface area contributed by atoms with Crippen LogP contribution < -0.4 is 5.32 Å². The molecule has 208 valence electrons. The number of carbonyl (C=O) groups is 1. The van der Waals surface area contributed by atoms with Gasteiger partial charge in [0.05, 0.1) is 23.3 Å². The van der Waals surface area contributed by atoms with E-state index >= 15 is 0 Å². The van der Waals surface area contributed by atoms with Gasteiger partial charge in [-0.05, 0) is 38.3 Å². The topological polar surface area (TPSA) is 96.0 Å². The molecule has 1 N–H and O–H groups in total. The van der Waals surface area contributed by atoms with Crippen LogP contribution in [-0.4, -0.2) is 32.6 Å². The summed E-state index contributed by atoms with van der Waals surface area (Å²) in [7, 11) is 0. The molecule has 0 spiro atoms. The maximum atomic E-state index is 14.6. The highest BCUT2D eigenvalue weighted by molar-refractivity contribution is 6.19. The lowest BCUT2D eigenvalue weighted by Gasteiger charge is -2.27. The summed E-state index contributed by atoms with van der Waals surface area (Å²) in [5.41, 5.74) is -4.26. The molecule has 1 aromatic carbocycles. The van der Waals surface area contributed by atoms with Gasteiger partial charge >= 0.3 is 6.18 Å². The van der Waals surface area contributed by atoms with E-state index in [0.29, 0.717) is 13.3 Å². The third-order valence-electron chi connectivity index (χ3n) is 7.14. The second-order valence-corrected chi connectivity index (χ2v) is 9.72. The number of nitrogens with one attached hydrogen (secondary N) is 1. The van der Waals surface area contributed by atoms with Crippen molar-refractivity contribution in [3.05, 3.63) is 76.8 Å². The minimum absolute atomic E-state index is 0.0420. The number of allylic oxidation sites excluding steroid dienone is 1. The lowest BCUT2D eigenvalue weighted by Crippen LogP contribution is -2.45. The Labute approximate surface area is 226 Å². The van der Waals surface area contributed by atoms with E-state index in [4.69, 9.17) is 0 Å². The van der Waals surface area contributed by atoms with E-state index in [-0.39, 0.29) is 45.9 Å². The molecule has 0 radical (unpaired) electrons. The number of nitrogens with zero attached hydrogens (tertiary/aromatic N) is 5. The maximum Gasteiger partial charge on any atom is 0.407 e. The Bertz CT molecular complexity index is 1640. The van der Waals surface area contributed by atoms with Crippen LogP contribution in [-0.2, 0) is 11.3 Å². The molecule has 4 rings (SSSR count). The van der Waals surface area contributed by atoms with Crippen LogP contribution in [0.4, 0.5) is 22.0 Å². The van der Waals surface area contributed by atoms with Gasteiger partial charge in [-0.15, -0.1) is 0 Å². The van der Waals surface area contributed by atoms with Crippen molar-refractivity contribution in [1.82, 2.24) is 20.1 Å². The van der Waals surface area contributed by atoms with Crippen molar-refractivity contribution < 1.29 is 26.7 Å². The smallest absolute Gasteiger partial charge is 0.328 e. The number of halogens is 5. The molecule has 0 bridgehead atoms. The molecule has 1 aliphatic heterocycles. The zero-order chi connectivity index (χ0) is 29.6. The first kappa shape index (κ1) is 28.6. The van der Waals surface area contributed by atoms with Gasteiger partial charge in [-0.2, -0.15) is 23.5 Å². The second-order valence-electron chi connectivity index (χ2n) is 9.72. The fraction of sp³-hybridized carbons (Fsp3) is 0.321. The quantitative estimate of drug-likeness (QED) is 0.285. The molecule has 0 aliphatic carbocycles. The van der Waals surface area contributed by atoms with E-state index in [9.17, 15) is 32.0 Å². The van der Waals surface area contributed by atoms with Gasteiger partial charge in [0.15, 0.2) is 11.1 Å². The Morgan fingerprint density at radius 2 is 1.95 bits per heavy atom. The summed E-state index contributed by atoms with van der Waals surface area (Å²) in [6.07, 6.45) is -4.67. The highest BCUT2D eigenvalue weighted by Gasteiger charge is 2.64. The number of nitriles is 1. The number of hydrogen-bond donors (Lipinski definition) is 1. The first-order chi connectivity index (χ1) is 18.7. The summed E-state index contributed by atoms with van der Waals surface area (Å²) in [6, 6.07) is 8.75. The fourth-order valence-corrected chi connectivity index (χ4v) is 4.50. The summed E-state index contributed by atoms with van der Waals surface area (Å²) in [4.78, 5) is 21.0. The van der Waals surface area contributed by atoms with Crippen molar-refractivity contribution in [2.45, 2.75) is 46.8 Å². The Morgan fingerprint density at radius 3 is 2.55 bits per heavy atom. The summed E-state index contributed by atoms with van der Waals surface area (Å²) < 4.78 is 73.1. The number of carbonyl (C=O) groups excluding carboxylic acids is 1. The van der Waals surface area contributed by atoms with Crippen LogP contribution in [0.25, 0.3) is 16.7 Å². The van der Waals surface area contributed by atoms with E-state index in [1.165, 1.54) is 29.8 Å². The van der Waals surface area contributed by atoms with Crippen LogP contribution in [0.15, 0.2) is 53.2 Å². The Kier molecular flexibility index (Phi) is 7.36. The van der Waals surface area contributed by atoms with Gasteiger partial charge < -0.3 is 5.32 Å². The zero-order valence-electron chi connectivity index (χ0n) is 22.1. The molecule has 1 aliphatic rings. The number of alkyl halides is 3. The molecule has 3 heterocycles. The number of pyridine rings is 1. The van der Waals surface area contributed by atoms with Crippen molar-refractivity contribution in [3.63, 3.8) is 0 Å². The van der Waals surface area contributed by atoms with Crippen molar-refractivity contribution >= 4 is 28.3 Å². The first-order valence-corrected chi connectivity index (χ1v) is 12.3. The Balaban J connectivity index is 1.91. The number of aliphatic imine (C=N–C) groups is 1. The third kappa shape index (κ3) is 4.65. The summed E-state index contributed by atoms with van der Waals surface area (Å²) in [5.74, 6) is -3.05. The van der Waals surface area contributed by atoms with Crippen molar-refractivity contribution in [1.29, 1.82) is 5.26 Å². The van der Waals surface area contributed by atoms with Crippen LogP contribution in [0.1, 0.15) is 44.1 Å². The monoisotopic (exact) mass is 556 g/mol. The molecular weight excluding hydrogens is 531 g/mol. The summed E-state index contributed by atoms with van der Waals surface area (Å²) in [6.45, 7) is 9.17. The van der Waals surface area contributed by atoms with Gasteiger partial charge in [-0.3, -0.25) is 4.79 Å². The molecule has 0 fully saturated rings. The van der Waals surface area contributed by atoms with Gasteiger partial charge in [-0.1, -0.05) is 38.6 Å². The standard InChI is InChI=1S/C28H25F5N6O/c1-6-14(2)23-22(27(5,26(40)37-23)28(31,32)33)21(12-34)35-16(4)24-18-11-20(30)15(3)36-25(18)39(38-24)13-17-9-7-8-10-19(17)29/h7-11,14H,4,6,13H2,1-3,5H3,(H,37,40). The van der Waals surface area contributed by atoms with Crippen LogP contribution >= 0.6 is 0 Å². The Morgan fingerprint density at radius 1 is 1.27 bits per heavy atom. The molecule has 12 heteroatoms. The van der Waals surface area contributed by atoms with E-state index < -0.39 is 46.3 Å². The molecule has 2 unspecified atom stereocenters. The summed E-state index contributed by atoms with van der Waals surface area (Å²) in [5, 5.41) is 16.8. The first-order valence-electron chi connectivity index (χ1n) is 12.3. The molecule has 40 heavy (non-hydrogen) atoms. The number of amides is 1. The van der Waals surface area contributed by atoms with Gasteiger partial charge in [-0.25, -0.2) is 23.4 Å². The largest absolute Gasteiger partial charge is 0.407 e. The lowest BCUT2D eigenvalue weighted by molar-refractivity contribution is -0.201. The average molecular weight is 557 g/mol. The number of aryl methyl sites for hydroxylation is 1. The Hall–Kier alpha value is -4.40. The molecule has 7 nitrogen and oxygen atoms in total. The highest BCUT2D eigenvalue weighted by atomic mass is 19.4. The van der Waals surface area contributed by atoms with Crippen LogP contribution in [0, 0.1) is 41.2 Å².